The van der Waals surface area contributed by atoms with Crippen LogP contribution in [0.2, 0.25) is 0 Å². The van der Waals surface area contributed by atoms with Gasteiger partial charge >= 0.3 is 0 Å². The van der Waals surface area contributed by atoms with Gasteiger partial charge in [0.15, 0.2) is 5.78 Å². The Bertz CT molecular complexity index is 425. The first kappa shape index (κ1) is 12.0. The fraction of sp³-hybridized carbons (Fsp3) is 0.462. The zero-order valence-electron chi connectivity index (χ0n) is 10.2. The van der Waals surface area contributed by atoms with Gasteiger partial charge in [-0.3, -0.25) is 4.79 Å². The van der Waals surface area contributed by atoms with E-state index in [1.807, 2.05) is 0 Å². The summed E-state index contributed by atoms with van der Waals surface area (Å²) >= 11 is 0. The maximum absolute atomic E-state index is 13.2. The third-order valence-corrected chi connectivity index (χ3v) is 3.18. The van der Waals surface area contributed by atoms with E-state index in [9.17, 15) is 9.18 Å². The molecule has 1 fully saturated rings. The Morgan fingerprint density at radius 3 is 2.47 bits per heavy atom. The Labute approximate surface area is 101 Å². The minimum atomic E-state index is -0.354. The van der Waals surface area contributed by atoms with Gasteiger partial charge in [-0.1, -0.05) is 0 Å². The Balaban J connectivity index is 2.28. The number of Topliss-reactive ketones (excluding diaryl/α,β-unsaturated/α-hetero) is 1. The second-order valence-electron chi connectivity index (χ2n) is 4.51. The van der Waals surface area contributed by atoms with Crippen LogP contribution in [0.4, 0.5) is 10.1 Å². The molecule has 1 aliphatic heterocycles. The highest BCUT2D eigenvalue weighted by Crippen LogP contribution is 2.23. The van der Waals surface area contributed by atoms with Crippen LogP contribution in [0.5, 0.6) is 0 Å². The van der Waals surface area contributed by atoms with Crippen LogP contribution < -0.4 is 4.90 Å². The van der Waals surface area contributed by atoms with Crippen molar-refractivity contribution >= 4 is 11.5 Å². The summed E-state index contributed by atoms with van der Waals surface area (Å²) < 4.78 is 13.2. The fourth-order valence-electron chi connectivity index (χ4n) is 2.11. The van der Waals surface area contributed by atoms with Gasteiger partial charge in [0.25, 0.3) is 0 Å². The van der Waals surface area contributed by atoms with Gasteiger partial charge in [0.2, 0.25) is 0 Å². The van der Waals surface area contributed by atoms with Gasteiger partial charge in [-0.25, -0.2) is 4.39 Å². The normalized spacial score (nSPS) is 17.2. The van der Waals surface area contributed by atoms with Gasteiger partial charge < -0.3 is 9.80 Å². The van der Waals surface area contributed by atoms with Crippen molar-refractivity contribution in [2.75, 3.05) is 38.1 Å². The maximum Gasteiger partial charge on any atom is 0.161 e. The van der Waals surface area contributed by atoms with E-state index in [2.05, 4.69) is 16.8 Å². The molecule has 0 amide bonds. The summed E-state index contributed by atoms with van der Waals surface area (Å²) in [7, 11) is 2.08. The predicted octanol–water partition coefficient (Wildman–Crippen LogP) is 1.78. The lowest BCUT2D eigenvalue weighted by Crippen LogP contribution is -2.45. The van der Waals surface area contributed by atoms with Crippen LogP contribution in [0.15, 0.2) is 18.2 Å². The lowest BCUT2D eigenvalue weighted by molar-refractivity contribution is 0.101. The van der Waals surface area contributed by atoms with E-state index in [4.69, 9.17) is 0 Å². The van der Waals surface area contributed by atoms with Gasteiger partial charge in [-0.15, -0.1) is 0 Å². The van der Waals surface area contributed by atoms with Crippen LogP contribution in [0, 0.1) is 5.82 Å². The van der Waals surface area contributed by atoms with Crippen LogP contribution in [-0.4, -0.2) is 43.9 Å². The third-order valence-electron chi connectivity index (χ3n) is 3.18. The molecule has 0 aliphatic carbocycles. The largest absolute Gasteiger partial charge is 0.368 e. The Morgan fingerprint density at radius 1 is 1.24 bits per heavy atom. The molecule has 1 aromatic carbocycles. The molecule has 0 radical (unpaired) electrons. The number of halogens is 1. The summed E-state index contributed by atoms with van der Waals surface area (Å²) in [5.41, 5.74) is 1.33. The number of piperazine rings is 1. The number of hydrogen-bond acceptors (Lipinski definition) is 3. The van der Waals surface area contributed by atoms with E-state index in [1.54, 1.807) is 6.07 Å². The van der Waals surface area contributed by atoms with E-state index in [0.29, 0.717) is 5.56 Å². The second kappa shape index (κ2) is 4.84. The van der Waals surface area contributed by atoms with Crippen molar-refractivity contribution in [2.45, 2.75) is 6.92 Å². The molecular weight excluding hydrogens is 219 g/mol. The SMILES string of the molecule is CC(=O)c1cc(F)ccc1N1CCN(C)CC1. The van der Waals surface area contributed by atoms with Crippen molar-refractivity contribution in [3.8, 4) is 0 Å². The molecule has 0 atom stereocenters. The Kier molecular flexibility index (Phi) is 3.43. The zero-order chi connectivity index (χ0) is 12.4. The van der Waals surface area contributed by atoms with Crippen molar-refractivity contribution in [3.05, 3.63) is 29.6 Å². The number of anilines is 1. The van der Waals surface area contributed by atoms with Gasteiger partial charge in [0.05, 0.1) is 0 Å². The Hall–Kier alpha value is -1.42. The van der Waals surface area contributed by atoms with Gasteiger partial charge in [0, 0.05) is 37.4 Å². The van der Waals surface area contributed by atoms with Crippen molar-refractivity contribution < 1.29 is 9.18 Å². The summed E-state index contributed by atoms with van der Waals surface area (Å²) in [4.78, 5) is 15.9. The standard InChI is InChI=1S/C13H17FN2O/c1-10(17)12-9-11(14)3-4-13(12)16-7-5-15(2)6-8-16/h3-4,9H,5-8H2,1-2H3. The van der Waals surface area contributed by atoms with Crippen LogP contribution in [-0.2, 0) is 0 Å². The highest BCUT2D eigenvalue weighted by molar-refractivity contribution is 5.99. The average molecular weight is 236 g/mol. The van der Waals surface area contributed by atoms with Crippen molar-refractivity contribution in [3.63, 3.8) is 0 Å². The molecule has 0 aromatic heterocycles. The van der Waals surface area contributed by atoms with E-state index in [0.717, 1.165) is 31.9 Å². The number of benzene rings is 1. The molecule has 92 valence electrons. The zero-order valence-corrected chi connectivity index (χ0v) is 10.2. The minimum absolute atomic E-state index is 0.0848. The summed E-state index contributed by atoms with van der Waals surface area (Å²) in [5, 5.41) is 0. The molecule has 3 nitrogen and oxygen atoms in total. The van der Waals surface area contributed by atoms with Crippen LogP contribution in [0.3, 0.4) is 0 Å². The lowest BCUT2D eigenvalue weighted by Gasteiger charge is -2.34. The smallest absolute Gasteiger partial charge is 0.161 e. The first-order valence-corrected chi connectivity index (χ1v) is 5.82. The number of nitrogens with zero attached hydrogens (tertiary/aromatic N) is 2. The van der Waals surface area contributed by atoms with E-state index in [1.165, 1.54) is 19.1 Å². The fourth-order valence-corrected chi connectivity index (χ4v) is 2.11. The number of carbonyl (C=O) groups excluding carboxylic acids is 1. The summed E-state index contributed by atoms with van der Waals surface area (Å²) in [6, 6.07) is 4.45. The molecular formula is C13H17FN2O. The molecule has 2 rings (SSSR count). The summed E-state index contributed by atoms with van der Waals surface area (Å²) in [6.45, 7) is 5.17. The first-order chi connectivity index (χ1) is 8.08. The summed E-state index contributed by atoms with van der Waals surface area (Å²) in [5.74, 6) is -0.438. The first-order valence-electron chi connectivity index (χ1n) is 5.82. The Morgan fingerprint density at radius 2 is 1.88 bits per heavy atom. The van der Waals surface area contributed by atoms with Crippen molar-refractivity contribution in [2.24, 2.45) is 0 Å². The van der Waals surface area contributed by atoms with E-state index < -0.39 is 0 Å². The molecule has 1 heterocycles. The molecule has 0 unspecified atom stereocenters. The quantitative estimate of drug-likeness (QED) is 0.731. The molecule has 1 saturated heterocycles. The molecule has 0 bridgehead atoms. The third kappa shape index (κ3) is 2.64. The lowest BCUT2D eigenvalue weighted by atomic mass is 10.1. The number of carbonyl (C=O) groups is 1. The number of ketones is 1. The maximum atomic E-state index is 13.2. The van der Waals surface area contributed by atoms with Crippen molar-refractivity contribution in [1.29, 1.82) is 0 Å². The molecule has 1 aromatic rings. The van der Waals surface area contributed by atoms with Crippen LogP contribution in [0.1, 0.15) is 17.3 Å². The van der Waals surface area contributed by atoms with Crippen LogP contribution in [0.25, 0.3) is 0 Å². The molecule has 0 saturated carbocycles. The van der Waals surface area contributed by atoms with Gasteiger partial charge in [-0.05, 0) is 32.2 Å². The van der Waals surface area contributed by atoms with Gasteiger partial charge in [0.1, 0.15) is 5.82 Å². The monoisotopic (exact) mass is 236 g/mol. The highest BCUT2D eigenvalue weighted by atomic mass is 19.1. The molecule has 0 N–H and O–H groups in total. The average Bonchev–Trinajstić information content (AvgIpc) is 2.30. The molecule has 1 aliphatic rings. The number of rotatable bonds is 2. The second-order valence-corrected chi connectivity index (χ2v) is 4.51. The number of hydrogen-bond donors (Lipinski definition) is 0. The number of likely N-dealkylation sites (N-methyl/N-ethyl adjacent to an activating group) is 1. The van der Waals surface area contributed by atoms with Gasteiger partial charge in [-0.2, -0.15) is 0 Å². The minimum Gasteiger partial charge on any atom is -0.368 e. The van der Waals surface area contributed by atoms with Crippen LogP contribution >= 0.6 is 0 Å². The molecule has 17 heavy (non-hydrogen) atoms. The van der Waals surface area contributed by atoms with E-state index in [-0.39, 0.29) is 11.6 Å². The molecule has 4 heteroatoms. The summed E-state index contributed by atoms with van der Waals surface area (Å²) in [6.07, 6.45) is 0. The highest BCUT2D eigenvalue weighted by Gasteiger charge is 2.18. The molecule has 0 spiro atoms. The van der Waals surface area contributed by atoms with Crippen molar-refractivity contribution in [1.82, 2.24) is 4.90 Å². The van der Waals surface area contributed by atoms with E-state index >= 15 is 0 Å². The topological polar surface area (TPSA) is 23.6 Å². The predicted molar refractivity (Wildman–Crippen MR) is 66.1 cm³/mol.